The largest absolute Gasteiger partial charge is 0.418 e. The first-order chi connectivity index (χ1) is 13.1. The van der Waals surface area contributed by atoms with Gasteiger partial charge in [-0.1, -0.05) is 11.6 Å². The summed E-state index contributed by atoms with van der Waals surface area (Å²) in [5.74, 6) is -0.225. The van der Waals surface area contributed by atoms with E-state index >= 15 is 0 Å². The fourth-order valence-corrected chi connectivity index (χ4v) is 2.55. The molecule has 0 atom stereocenters. The number of hydrogen-bond donors (Lipinski definition) is 1. The van der Waals surface area contributed by atoms with Crippen molar-refractivity contribution in [1.82, 2.24) is 9.97 Å². The Hall–Kier alpha value is -3.54. The van der Waals surface area contributed by atoms with E-state index in [1.807, 2.05) is 0 Å². The summed E-state index contributed by atoms with van der Waals surface area (Å²) >= 11 is 5.82. The Morgan fingerprint density at radius 3 is 2.36 bits per heavy atom. The van der Waals surface area contributed by atoms with Gasteiger partial charge in [-0.25, -0.2) is 4.98 Å². The number of nitrogens with zero attached hydrogens (tertiary/aromatic N) is 4. The molecule has 0 aliphatic heterocycles. The Morgan fingerprint density at radius 1 is 1.04 bits per heavy atom. The molecule has 0 unspecified atom stereocenters. The van der Waals surface area contributed by atoms with Crippen LogP contribution in [0.15, 0.2) is 36.5 Å². The lowest BCUT2D eigenvalue weighted by atomic mass is 10.1. The monoisotopic (exact) mass is 413 g/mol. The zero-order valence-electron chi connectivity index (χ0n) is 13.4. The molecule has 3 rings (SSSR count). The van der Waals surface area contributed by atoms with Crippen molar-refractivity contribution in [2.45, 2.75) is 6.18 Å². The van der Waals surface area contributed by atoms with E-state index in [0.717, 1.165) is 6.20 Å². The average molecular weight is 414 g/mol. The molecule has 28 heavy (non-hydrogen) atoms. The topological polar surface area (TPSA) is 124 Å². The second-order valence-corrected chi connectivity index (χ2v) is 5.85. The number of nitro benzene ring substituents is 2. The Labute approximate surface area is 158 Å². The second-order valence-electron chi connectivity index (χ2n) is 5.41. The lowest BCUT2D eigenvalue weighted by Crippen LogP contribution is -2.12. The van der Waals surface area contributed by atoms with Crippen LogP contribution in [0, 0.1) is 20.2 Å². The number of aromatic nitrogens is 2. The van der Waals surface area contributed by atoms with Gasteiger partial charge in [0.15, 0.2) is 0 Å². The number of anilines is 2. The van der Waals surface area contributed by atoms with Crippen LogP contribution in [0.1, 0.15) is 5.56 Å². The van der Waals surface area contributed by atoms with Crippen molar-refractivity contribution in [3.05, 3.63) is 67.3 Å². The van der Waals surface area contributed by atoms with E-state index in [0.29, 0.717) is 16.6 Å². The molecule has 9 nitrogen and oxygen atoms in total. The molecule has 0 spiro atoms. The molecule has 144 valence electrons. The number of fused-ring (bicyclic) bond motifs is 1. The highest BCUT2D eigenvalue weighted by Gasteiger charge is 2.39. The third kappa shape index (κ3) is 3.76. The number of nitro groups is 2. The van der Waals surface area contributed by atoms with E-state index in [1.165, 1.54) is 18.2 Å². The number of hydrogen-bond acceptors (Lipinski definition) is 7. The standard InChI is InChI=1S/C15H7ClF3N5O4/c16-7-1-2-10-11(3-7)20-6-13(21-10)22-14-9(15(17,18)19)4-8(23(25)26)5-12(14)24(27)28/h1-6H,(H,21,22). The maximum absolute atomic E-state index is 13.4. The van der Waals surface area contributed by atoms with Gasteiger partial charge in [0, 0.05) is 11.1 Å². The Kier molecular flexibility index (Phi) is 4.73. The minimum absolute atomic E-state index is 0.212. The molecule has 1 N–H and O–H groups in total. The van der Waals surface area contributed by atoms with Crippen LogP contribution in [0.3, 0.4) is 0 Å². The Morgan fingerprint density at radius 2 is 1.75 bits per heavy atom. The van der Waals surface area contributed by atoms with Gasteiger partial charge in [-0.15, -0.1) is 0 Å². The summed E-state index contributed by atoms with van der Waals surface area (Å²) in [7, 11) is 0. The summed E-state index contributed by atoms with van der Waals surface area (Å²) in [4.78, 5) is 27.8. The number of nitrogens with one attached hydrogen (secondary N) is 1. The van der Waals surface area contributed by atoms with Crippen molar-refractivity contribution in [3.63, 3.8) is 0 Å². The highest BCUT2D eigenvalue weighted by atomic mass is 35.5. The minimum atomic E-state index is -5.10. The first kappa shape index (κ1) is 19.2. The van der Waals surface area contributed by atoms with Crippen LogP contribution >= 0.6 is 11.6 Å². The molecule has 2 aromatic carbocycles. The SMILES string of the molecule is O=[N+]([O-])c1cc([N+](=O)[O-])c(Nc2cnc3cc(Cl)ccc3n2)c(C(F)(F)F)c1. The molecule has 0 fully saturated rings. The van der Waals surface area contributed by atoms with Gasteiger partial charge in [-0.05, 0) is 18.2 Å². The third-order valence-corrected chi connectivity index (χ3v) is 3.81. The average Bonchev–Trinajstić information content (AvgIpc) is 2.60. The van der Waals surface area contributed by atoms with Crippen LogP contribution in [0.4, 0.5) is 36.1 Å². The van der Waals surface area contributed by atoms with Crippen molar-refractivity contribution >= 4 is 45.5 Å². The molecule has 0 saturated heterocycles. The van der Waals surface area contributed by atoms with Crippen molar-refractivity contribution in [1.29, 1.82) is 0 Å². The highest BCUT2D eigenvalue weighted by molar-refractivity contribution is 6.31. The van der Waals surface area contributed by atoms with Gasteiger partial charge < -0.3 is 5.32 Å². The van der Waals surface area contributed by atoms with Crippen molar-refractivity contribution in [2.75, 3.05) is 5.32 Å². The number of rotatable bonds is 4. The number of halogens is 4. The molecule has 0 radical (unpaired) electrons. The van der Waals surface area contributed by atoms with E-state index in [9.17, 15) is 33.4 Å². The van der Waals surface area contributed by atoms with Gasteiger partial charge in [0.1, 0.15) is 11.5 Å². The van der Waals surface area contributed by atoms with Crippen LogP contribution in [0.25, 0.3) is 11.0 Å². The molecule has 0 aliphatic carbocycles. The zero-order chi connectivity index (χ0) is 20.6. The van der Waals surface area contributed by atoms with E-state index in [1.54, 1.807) is 0 Å². The molecular weight excluding hydrogens is 407 g/mol. The van der Waals surface area contributed by atoms with Gasteiger partial charge in [0.05, 0.1) is 38.7 Å². The lowest BCUT2D eigenvalue weighted by molar-refractivity contribution is -0.394. The van der Waals surface area contributed by atoms with E-state index < -0.39 is 38.6 Å². The molecule has 3 aromatic rings. The molecule has 13 heteroatoms. The molecule has 1 aromatic heterocycles. The fraction of sp³-hybridized carbons (Fsp3) is 0.0667. The summed E-state index contributed by atoms with van der Waals surface area (Å²) in [6, 6.07) is 5.07. The Bertz CT molecular complexity index is 1120. The van der Waals surface area contributed by atoms with Crippen LogP contribution in [0.2, 0.25) is 5.02 Å². The smallest absolute Gasteiger partial charge is 0.333 e. The Balaban J connectivity index is 2.18. The second kappa shape index (κ2) is 6.88. The summed E-state index contributed by atoms with van der Waals surface area (Å²) in [6.07, 6.45) is -4.04. The first-order valence-electron chi connectivity index (χ1n) is 7.29. The minimum Gasteiger partial charge on any atom is -0.333 e. The number of benzene rings is 2. The zero-order valence-corrected chi connectivity index (χ0v) is 14.2. The molecular formula is C15H7ClF3N5O4. The summed E-state index contributed by atoms with van der Waals surface area (Å²) in [5.41, 5.74) is -4.12. The van der Waals surface area contributed by atoms with Crippen LogP contribution < -0.4 is 5.32 Å². The number of alkyl halides is 3. The van der Waals surface area contributed by atoms with Crippen LogP contribution in [0.5, 0.6) is 0 Å². The van der Waals surface area contributed by atoms with Gasteiger partial charge in [0.2, 0.25) is 0 Å². The third-order valence-electron chi connectivity index (χ3n) is 3.57. The molecule has 0 aliphatic rings. The maximum atomic E-state index is 13.4. The highest BCUT2D eigenvalue weighted by Crippen LogP contribution is 2.43. The summed E-state index contributed by atoms with van der Waals surface area (Å²) in [6.45, 7) is 0. The van der Waals surface area contributed by atoms with Crippen molar-refractivity contribution < 1.29 is 23.0 Å². The van der Waals surface area contributed by atoms with Gasteiger partial charge in [-0.2, -0.15) is 13.2 Å². The van der Waals surface area contributed by atoms with Crippen molar-refractivity contribution in [2.24, 2.45) is 0 Å². The fourth-order valence-electron chi connectivity index (χ4n) is 2.39. The van der Waals surface area contributed by atoms with E-state index in [-0.39, 0.29) is 17.4 Å². The lowest BCUT2D eigenvalue weighted by Gasteiger charge is -2.14. The predicted octanol–water partition coefficient (Wildman–Crippen LogP) is 4.86. The molecule has 0 saturated carbocycles. The van der Waals surface area contributed by atoms with Gasteiger partial charge in [-0.3, -0.25) is 25.2 Å². The van der Waals surface area contributed by atoms with Gasteiger partial charge >= 0.3 is 6.18 Å². The van der Waals surface area contributed by atoms with Crippen LogP contribution in [-0.4, -0.2) is 19.8 Å². The van der Waals surface area contributed by atoms with Gasteiger partial charge in [0.25, 0.3) is 11.4 Å². The predicted molar refractivity (Wildman–Crippen MR) is 92.6 cm³/mol. The quantitative estimate of drug-likeness (QED) is 0.478. The van der Waals surface area contributed by atoms with E-state index in [2.05, 4.69) is 15.3 Å². The molecule has 0 bridgehead atoms. The maximum Gasteiger partial charge on any atom is 0.418 e. The van der Waals surface area contributed by atoms with E-state index in [4.69, 9.17) is 11.6 Å². The first-order valence-corrected chi connectivity index (χ1v) is 7.67. The summed E-state index contributed by atoms with van der Waals surface area (Å²) in [5, 5.41) is 24.7. The van der Waals surface area contributed by atoms with Crippen molar-refractivity contribution in [3.8, 4) is 0 Å². The summed E-state index contributed by atoms with van der Waals surface area (Å²) < 4.78 is 40.2. The molecule has 0 amide bonds. The van der Waals surface area contributed by atoms with Crippen LogP contribution in [-0.2, 0) is 6.18 Å². The normalized spacial score (nSPS) is 11.4. The molecule has 1 heterocycles. The number of non-ortho nitro benzene ring substituents is 1.